The fourth-order valence-corrected chi connectivity index (χ4v) is 5.39. The number of nitrogens with one attached hydrogen (secondary N) is 1. The Kier molecular flexibility index (Phi) is 5.44. The van der Waals surface area contributed by atoms with Gasteiger partial charge in [0, 0.05) is 35.2 Å². The maximum absolute atomic E-state index is 5.12. The first-order valence-electron chi connectivity index (χ1n) is 12.7. The minimum absolute atomic E-state index is 0.482. The zero-order valence-corrected chi connectivity index (χ0v) is 20.3. The van der Waals surface area contributed by atoms with Crippen LogP contribution in [0.2, 0.25) is 0 Å². The highest BCUT2D eigenvalue weighted by atomic mass is 15.2. The maximum Gasteiger partial charge on any atom is 0.170 e. The lowest BCUT2D eigenvalue weighted by Crippen LogP contribution is -2.32. The summed E-state index contributed by atoms with van der Waals surface area (Å²) in [6.45, 7) is 3.08. The molecule has 0 amide bonds. The Morgan fingerprint density at radius 3 is 2.54 bits per heavy atom. The number of hydrogen-bond donors (Lipinski definition) is 1. The van der Waals surface area contributed by atoms with Crippen LogP contribution in [0.1, 0.15) is 30.1 Å². The summed E-state index contributed by atoms with van der Waals surface area (Å²) >= 11 is 0. The van der Waals surface area contributed by atoms with E-state index in [-0.39, 0.29) is 0 Å². The molecule has 1 aliphatic heterocycles. The Bertz CT molecular complexity index is 1650. The molecule has 182 valence electrons. The molecule has 0 spiro atoms. The molecule has 1 saturated heterocycles. The minimum Gasteiger partial charge on any atom is -0.299 e. The molecular formula is C29H26N8. The highest BCUT2D eigenvalue weighted by Crippen LogP contribution is 2.34. The van der Waals surface area contributed by atoms with Crippen molar-refractivity contribution in [2.75, 3.05) is 13.1 Å². The third kappa shape index (κ3) is 4.15. The predicted octanol–water partition coefficient (Wildman–Crippen LogP) is 5.11. The Balaban J connectivity index is 1.18. The molecule has 1 N–H and O–H groups in total. The van der Waals surface area contributed by atoms with Crippen molar-refractivity contribution in [3.63, 3.8) is 0 Å². The molecule has 0 bridgehead atoms. The molecule has 7 rings (SSSR count). The minimum atomic E-state index is 0.482. The summed E-state index contributed by atoms with van der Waals surface area (Å²) in [6, 6.07) is 23.5. The molecule has 8 heteroatoms. The molecule has 8 nitrogen and oxygen atoms in total. The predicted molar refractivity (Wildman–Crippen MR) is 143 cm³/mol. The van der Waals surface area contributed by atoms with Gasteiger partial charge in [-0.3, -0.25) is 14.4 Å². The van der Waals surface area contributed by atoms with Gasteiger partial charge in [-0.1, -0.05) is 54.6 Å². The summed E-state index contributed by atoms with van der Waals surface area (Å²) in [5.74, 6) is 1.50. The van der Waals surface area contributed by atoms with Crippen LogP contribution in [0.5, 0.6) is 0 Å². The summed E-state index contributed by atoms with van der Waals surface area (Å²) in [7, 11) is 0. The fourth-order valence-electron chi connectivity index (χ4n) is 5.39. The Morgan fingerprint density at radius 2 is 1.76 bits per heavy atom. The van der Waals surface area contributed by atoms with Crippen LogP contribution >= 0.6 is 0 Å². The van der Waals surface area contributed by atoms with Crippen molar-refractivity contribution in [3.05, 3.63) is 97.0 Å². The lowest BCUT2D eigenvalue weighted by Gasteiger charge is -2.30. The van der Waals surface area contributed by atoms with E-state index in [1.54, 1.807) is 12.7 Å². The van der Waals surface area contributed by atoms with Gasteiger partial charge in [-0.05, 0) is 49.2 Å². The van der Waals surface area contributed by atoms with Gasteiger partial charge in [-0.2, -0.15) is 5.10 Å². The third-order valence-corrected chi connectivity index (χ3v) is 7.39. The summed E-state index contributed by atoms with van der Waals surface area (Å²) in [4.78, 5) is 12.0. The number of piperidine rings is 1. The van der Waals surface area contributed by atoms with Crippen molar-refractivity contribution in [1.29, 1.82) is 0 Å². The number of aromatic amines is 1. The van der Waals surface area contributed by atoms with Crippen LogP contribution in [-0.4, -0.2) is 52.8 Å². The van der Waals surface area contributed by atoms with Crippen LogP contribution in [0.25, 0.3) is 38.9 Å². The maximum atomic E-state index is 5.12. The van der Waals surface area contributed by atoms with Crippen molar-refractivity contribution >= 4 is 16.6 Å². The van der Waals surface area contributed by atoms with Crippen LogP contribution in [0, 0.1) is 0 Å². The summed E-state index contributed by atoms with van der Waals surface area (Å²) in [5, 5.41) is 16.4. The van der Waals surface area contributed by atoms with E-state index in [1.165, 1.54) is 5.56 Å². The number of H-pyrrole nitrogens is 1. The highest BCUT2D eigenvalue weighted by molar-refractivity contribution is 5.98. The SMILES string of the molecule is c1ccc(-c2cc3c(ccn4cnnc34)nc2-c2ccc(CN3CCC(c4ncn[nH]4)CC3)cc2)cc1. The second kappa shape index (κ2) is 9.22. The van der Waals surface area contributed by atoms with Gasteiger partial charge in [0.2, 0.25) is 0 Å². The number of aromatic nitrogens is 7. The number of pyridine rings is 2. The molecule has 0 aliphatic carbocycles. The van der Waals surface area contributed by atoms with E-state index >= 15 is 0 Å². The van der Waals surface area contributed by atoms with Gasteiger partial charge in [-0.25, -0.2) is 9.97 Å². The first-order chi connectivity index (χ1) is 18.3. The summed E-state index contributed by atoms with van der Waals surface area (Å²) in [6.07, 6.45) is 7.50. The topological polar surface area (TPSA) is 87.9 Å². The molecule has 1 aliphatic rings. The van der Waals surface area contributed by atoms with Crippen molar-refractivity contribution < 1.29 is 0 Å². The van der Waals surface area contributed by atoms with Crippen molar-refractivity contribution in [2.24, 2.45) is 0 Å². The van der Waals surface area contributed by atoms with Gasteiger partial charge in [-0.15, -0.1) is 10.2 Å². The average molecular weight is 487 g/mol. The van der Waals surface area contributed by atoms with Crippen molar-refractivity contribution in [1.82, 2.24) is 39.7 Å². The molecule has 37 heavy (non-hydrogen) atoms. The molecule has 1 fully saturated rings. The van der Waals surface area contributed by atoms with Gasteiger partial charge in [0.15, 0.2) is 5.65 Å². The van der Waals surface area contributed by atoms with Crippen LogP contribution in [0.4, 0.5) is 0 Å². The van der Waals surface area contributed by atoms with Crippen molar-refractivity contribution in [3.8, 4) is 22.4 Å². The van der Waals surface area contributed by atoms with E-state index < -0.39 is 0 Å². The number of likely N-dealkylation sites (tertiary alicyclic amines) is 1. The molecule has 2 aromatic carbocycles. The smallest absolute Gasteiger partial charge is 0.170 e. The second-order valence-corrected chi connectivity index (χ2v) is 9.68. The van der Waals surface area contributed by atoms with Gasteiger partial charge in [0.25, 0.3) is 0 Å². The van der Waals surface area contributed by atoms with Crippen LogP contribution in [0.15, 0.2) is 85.6 Å². The molecule has 5 heterocycles. The van der Waals surface area contributed by atoms with E-state index in [0.717, 1.165) is 77.2 Å². The first kappa shape index (κ1) is 21.8. The Hall–Kier alpha value is -4.43. The first-order valence-corrected chi connectivity index (χ1v) is 12.7. The van der Waals surface area contributed by atoms with Gasteiger partial charge >= 0.3 is 0 Å². The van der Waals surface area contributed by atoms with E-state index in [2.05, 4.69) is 84.9 Å². The average Bonchev–Trinajstić information content (AvgIpc) is 3.67. The van der Waals surface area contributed by atoms with E-state index in [1.807, 2.05) is 22.7 Å². The zero-order chi connectivity index (χ0) is 24.6. The molecule has 0 radical (unpaired) electrons. The third-order valence-electron chi connectivity index (χ3n) is 7.39. The van der Waals surface area contributed by atoms with Gasteiger partial charge < -0.3 is 0 Å². The molecule has 0 saturated carbocycles. The standard InChI is InChI=1S/C29H26N8/c1-2-4-21(5-3-1)24-16-25-26(12-15-37-19-32-35-29(25)37)33-27(24)22-8-6-20(7-9-22)17-36-13-10-23(11-14-36)28-30-18-31-34-28/h1-9,12,15-16,18-19,23H,10-11,13-14,17H2,(H,30,31,34). The van der Waals surface area contributed by atoms with Crippen LogP contribution in [0.3, 0.4) is 0 Å². The molecule has 6 aromatic rings. The van der Waals surface area contributed by atoms with E-state index in [4.69, 9.17) is 4.98 Å². The quantitative estimate of drug-likeness (QED) is 0.364. The summed E-state index contributed by atoms with van der Waals surface area (Å²) in [5.41, 5.74) is 7.34. The molecule has 4 aromatic heterocycles. The Morgan fingerprint density at radius 1 is 0.919 bits per heavy atom. The highest BCUT2D eigenvalue weighted by Gasteiger charge is 2.22. The molecule has 0 atom stereocenters. The second-order valence-electron chi connectivity index (χ2n) is 9.68. The number of benzene rings is 2. The molecule has 0 unspecified atom stereocenters. The van der Waals surface area contributed by atoms with E-state index in [0.29, 0.717) is 5.92 Å². The summed E-state index contributed by atoms with van der Waals surface area (Å²) < 4.78 is 1.93. The number of rotatable bonds is 5. The Labute approximate surface area is 214 Å². The normalized spacial score (nSPS) is 15.0. The van der Waals surface area contributed by atoms with E-state index in [9.17, 15) is 0 Å². The van der Waals surface area contributed by atoms with Gasteiger partial charge in [0.05, 0.1) is 11.2 Å². The van der Waals surface area contributed by atoms with Gasteiger partial charge in [0.1, 0.15) is 18.5 Å². The zero-order valence-electron chi connectivity index (χ0n) is 20.3. The number of nitrogens with zero attached hydrogens (tertiary/aromatic N) is 7. The lowest BCUT2D eigenvalue weighted by atomic mass is 9.95. The van der Waals surface area contributed by atoms with Crippen LogP contribution in [-0.2, 0) is 6.54 Å². The lowest BCUT2D eigenvalue weighted by molar-refractivity contribution is 0.202. The van der Waals surface area contributed by atoms with Crippen molar-refractivity contribution in [2.45, 2.75) is 25.3 Å². The number of hydrogen-bond acceptors (Lipinski definition) is 6. The molecular weight excluding hydrogens is 460 g/mol. The fraction of sp³-hybridized carbons (Fsp3) is 0.207. The van der Waals surface area contributed by atoms with Crippen LogP contribution < -0.4 is 0 Å². The number of fused-ring (bicyclic) bond motifs is 3. The monoisotopic (exact) mass is 486 g/mol. The largest absolute Gasteiger partial charge is 0.299 e.